The quantitative estimate of drug-likeness (QED) is 0.114. The Morgan fingerprint density at radius 1 is 0.640 bits per heavy atom. The van der Waals surface area contributed by atoms with Crippen LogP contribution in [0.4, 0.5) is 4.79 Å². The van der Waals surface area contributed by atoms with Gasteiger partial charge in [0.05, 0.1) is 6.42 Å². The molecule has 1 aliphatic rings. The van der Waals surface area contributed by atoms with Crippen LogP contribution in [0.3, 0.4) is 0 Å². The highest BCUT2D eigenvalue weighted by Gasteiger charge is 2.39. The number of alkyl carbamates (subject to hydrolysis) is 1. The van der Waals surface area contributed by atoms with Crippen molar-refractivity contribution < 1.29 is 29.0 Å². The minimum Gasteiger partial charge on any atom is -0.480 e. The van der Waals surface area contributed by atoms with E-state index >= 15 is 0 Å². The molecule has 3 amide bonds. The zero-order chi connectivity index (χ0) is 34.9. The normalized spacial score (nSPS) is 12.6. The molecule has 252 valence electrons. The zero-order valence-corrected chi connectivity index (χ0v) is 27.3. The minimum absolute atomic E-state index is 0.0832. The number of fused-ring (bicyclic) bond motifs is 3. The van der Waals surface area contributed by atoms with Gasteiger partial charge in [0.25, 0.3) is 0 Å². The Morgan fingerprint density at radius 3 is 1.58 bits per heavy atom. The number of carboxylic acids is 1. The molecule has 0 fully saturated rings. The first-order chi connectivity index (χ1) is 24.4. The molecule has 50 heavy (non-hydrogen) atoms. The van der Waals surface area contributed by atoms with Crippen LogP contribution >= 0.6 is 0 Å². The molecule has 5 aromatic carbocycles. The smallest absolute Gasteiger partial charge is 0.407 e. The maximum absolute atomic E-state index is 13.7. The standard InChI is InChI=1S/C41H37N3O6/c45-37(24-25-42-40(49)50-27-35-33-22-12-10-20-31(33)32-21-11-13-23-34(32)35)43-36(39(47)48)26-38(46)44-41(28-14-4-1-5-15-28,29-16-6-2-7-17-29)30-18-8-3-9-19-30/h1-23,35-36H,24-27H2,(H,42,49)(H,43,45)(H,44,46)(H,47,48)/t36-/m1/s1. The van der Waals surface area contributed by atoms with E-state index in [0.29, 0.717) is 0 Å². The number of carbonyl (C=O) groups excluding carboxylic acids is 3. The number of hydrogen-bond donors (Lipinski definition) is 4. The van der Waals surface area contributed by atoms with Gasteiger partial charge in [0.15, 0.2) is 0 Å². The molecule has 1 atom stereocenters. The predicted molar refractivity (Wildman–Crippen MR) is 189 cm³/mol. The zero-order valence-electron chi connectivity index (χ0n) is 27.3. The largest absolute Gasteiger partial charge is 0.480 e. The van der Waals surface area contributed by atoms with Crippen molar-refractivity contribution in [2.24, 2.45) is 0 Å². The topological polar surface area (TPSA) is 134 Å². The van der Waals surface area contributed by atoms with E-state index in [4.69, 9.17) is 4.74 Å². The van der Waals surface area contributed by atoms with Gasteiger partial charge < -0.3 is 25.8 Å². The van der Waals surface area contributed by atoms with Crippen molar-refractivity contribution in [2.45, 2.75) is 30.3 Å². The van der Waals surface area contributed by atoms with E-state index in [0.717, 1.165) is 38.9 Å². The van der Waals surface area contributed by atoms with Crippen LogP contribution in [0.5, 0.6) is 0 Å². The fraction of sp³-hybridized carbons (Fsp3) is 0.171. The maximum atomic E-state index is 13.7. The van der Waals surface area contributed by atoms with E-state index < -0.39 is 41.9 Å². The van der Waals surface area contributed by atoms with Crippen molar-refractivity contribution in [1.29, 1.82) is 0 Å². The summed E-state index contributed by atoms with van der Waals surface area (Å²) in [6.45, 7) is 0.0405. The number of nitrogens with one attached hydrogen (secondary N) is 3. The number of carboxylic acid groups (broad SMARTS) is 1. The molecule has 0 radical (unpaired) electrons. The van der Waals surface area contributed by atoms with Crippen molar-refractivity contribution >= 4 is 23.9 Å². The Hall–Kier alpha value is -6.22. The van der Waals surface area contributed by atoms with E-state index in [1.165, 1.54) is 0 Å². The molecule has 0 heterocycles. The van der Waals surface area contributed by atoms with Crippen molar-refractivity contribution in [3.8, 4) is 11.1 Å². The molecule has 0 saturated carbocycles. The van der Waals surface area contributed by atoms with Gasteiger partial charge in [0, 0.05) is 18.9 Å². The number of carbonyl (C=O) groups is 4. The Kier molecular flexibility index (Phi) is 10.3. The molecular weight excluding hydrogens is 630 g/mol. The van der Waals surface area contributed by atoms with Gasteiger partial charge in [-0.2, -0.15) is 0 Å². The summed E-state index contributed by atoms with van der Waals surface area (Å²) in [7, 11) is 0. The fourth-order valence-electron chi connectivity index (χ4n) is 6.62. The Bertz CT molecular complexity index is 1820. The highest BCUT2D eigenvalue weighted by Crippen LogP contribution is 2.44. The first-order valence-corrected chi connectivity index (χ1v) is 16.5. The van der Waals surface area contributed by atoms with Gasteiger partial charge in [-0.25, -0.2) is 9.59 Å². The lowest BCUT2D eigenvalue weighted by Crippen LogP contribution is -2.51. The van der Waals surface area contributed by atoms with Gasteiger partial charge in [-0.05, 0) is 38.9 Å². The molecule has 6 rings (SSSR count). The summed E-state index contributed by atoms with van der Waals surface area (Å²) in [5.74, 6) is -2.68. The third-order valence-corrected chi connectivity index (χ3v) is 8.94. The van der Waals surface area contributed by atoms with Crippen LogP contribution in [-0.4, -0.2) is 48.2 Å². The van der Waals surface area contributed by atoms with E-state index in [2.05, 4.69) is 16.0 Å². The van der Waals surface area contributed by atoms with Gasteiger partial charge in [0.2, 0.25) is 11.8 Å². The monoisotopic (exact) mass is 667 g/mol. The summed E-state index contributed by atoms with van der Waals surface area (Å²) in [5, 5.41) is 18.1. The van der Waals surface area contributed by atoms with Crippen molar-refractivity contribution in [2.75, 3.05) is 13.2 Å². The predicted octanol–water partition coefficient (Wildman–Crippen LogP) is 5.98. The van der Waals surface area contributed by atoms with Gasteiger partial charge in [0.1, 0.15) is 18.2 Å². The second-order valence-electron chi connectivity index (χ2n) is 12.1. The van der Waals surface area contributed by atoms with Gasteiger partial charge in [-0.3, -0.25) is 9.59 Å². The summed E-state index contributed by atoms with van der Waals surface area (Å²) >= 11 is 0. The van der Waals surface area contributed by atoms with E-state index in [1.54, 1.807) is 0 Å². The average molecular weight is 668 g/mol. The lowest BCUT2D eigenvalue weighted by Gasteiger charge is -2.37. The molecule has 1 aliphatic carbocycles. The summed E-state index contributed by atoms with van der Waals surface area (Å²) in [6.07, 6.45) is -1.42. The lowest BCUT2D eigenvalue weighted by atomic mass is 9.77. The Balaban J connectivity index is 1.06. The molecule has 0 aromatic heterocycles. The molecule has 0 saturated heterocycles. The van der Waals surface area contributed by atoms with Crippen LogP contribution in [0.2, 0.25) is 0 Å². The van der Waals surface area contributed by atoms with Crippen LogP contribution in [0.1, 0.15) is 46.6 Å². The van der Waals surface area contributed by atoms with Crippen LogP contribution in [-0.2, 0) is 24.7 Å². The second-order valence-corrected chi connectivity index (χ2v) is 12.1. The number of amides is 3. The number of aliphatic carboxylic acids is 1. The van der Waals surface area contributed by atoms with Crippen molar-refractivity contribution in [3.63, 3.8) is 0 Å². The summed E-state index contributed by atoms with van der Waals surface area (Å²) in [6, 6.07) is 42.8. The Morgan fingerprint density at radius 2 is 1.10 bits per heavy atom. The first-order valence-electron chi connectivity index (χ1n) is 16.5. The van der Waals surface area contributed by atoms with Gasteiger partial charge in [-0.15, -0.1) is 0 Å². The number of benzene rings is 5. The summed E-state index contributed by atoms with van der Waals surface area (Å²) < 4.78 is 5.52. The first kappa shape index (κ1) is 33.7. The van der Waals surface area contributed by atoms with Crippen molar-refractivity contribution in [3.05, 3.63) is 167 Å². The molecule has 0 spiro atoms. The van der Waals surface area contributed by atoms with Gasteiger partial charge >= 0.3 is 12.1 Å². The molecule has 5 aromatic rings. The number of ether oxygens (including phenoxy) is 1. The van der Waals surface area contributed by atoms with Crippen LogP contribution in [0, 0.1) is 0 Å². The lowest BCUT2D eigenvalue weighted by molar-refractivity contribution is -0.143. The van der Waals surface area contributed by atoms with Crippen LogP contribution in [0.15, 0.2) is 140 Å². The van der Waals surface area contributed by atoms with E-state index in [9.17, 15) is 24.3 Å². The van der Waals surface area contributed by atoms with Crippen molar-refractivity contribution in [1.82, 2.24) is 16.0 Å². The van der Waals surface area contributed by atoms with E-state index in [-0.39, 0.29) is 25.5 Å². The minimum atomic E-state index is -1.50. The van der Waals surface area contributed by atoms with Crippen LogP contribution < -0.4 is 16.0 Å². The summed E-state index contributed by atoms with van der Waals surface area (Å²) in [4.78, 5) is 51.3. The van der Waals surface area contributed by atoms with Gasteiger partial charge in [-0.1, -0.05) is 140 Å². The highest BCUT2D eigenvalue weighted by molar-refractivity contribution is 5.89. The fourth-order valence-corrected chi connectivity index (χ4v) is 6.62. The molecule has 9 heteroatoms. The summed E-state index contributed by atoms with van der Waals surface area (Å²) in [5.41, 5.74) is 5.59. The SMILES string of the molecule is O=C(CCNC(=O)OCC1c2ccccc2-c2ccccc21)N[C@H](CC(=O)NC(c1ccccc1)(c1ccccc1)c1ccccc1)C(=O)O. The third kappa shape index (κ3) is 7.27. The second kappa shape index (κ2) is 15.3. The Labute approximate surface area is 290 Å². The average Bonchev–Trinajstić information content (AvgIpc) is 3.47. The maximum Gasteiger partial charge on any atom is 0.407 e. The molecule has 0 bridgehead atoms. The highest BCUT2D eigenvalue weighted by atomic mass is 16.5. The number of hydrogen-bond acceptors (Lipinski definition) is 5. The molecule has 0 aliphatic heterocycles. The number of rotatable bonds is 13. The molecule has 0 unspecified atom stereocenters. The molecule has 4 N–H and O–H groups in total. The molecular formula is C41H37N3O6. The third-order valence-electron chi connectivity index (χ3n) is 8.94. The molecule has 9 nitrogen and oxygen atoms in total. The van der Waals surface area contributed by atoms with Crippen LogP contribution in [0.25, 0.3) is 11.1 Å². The van der Waals surface area contributed by atoms with E-state index in [1.807, 2.05) is 140 Å².